The predicted molar refractivity (Wildman–Crippen MR) is 120 cm³/mol. The Kier molecular flexibility index (Phi) is 9.46. The number of urea groups is 1. The second kappa shape index (κ2) is 12.3. The molecule has 0 saturated heterocycles. The fraction of sp³-hybridized carbons (Fsp3) is 0.348. The van der Waals surface area contributed by atoms with Gasteiger partial charge in [0, 0.05) is 6.54 Å². The van der Waals surface area contributed by atoms with E-state index >= 15 is 0 Å². The summed E-state index contributed by atoms with van der Waals surface area (Å²) in [5.74, 6) is -0.727. The van der Waals surface area contributed by atoms with Crippen LogP contribution in [0.15, 0.2) is 42.5 Å². The molecule has 4 amide bonds. The molecular weight excluding hydrogens is 415 g/mol. The van der Waals surface area contributed by atoms with E-state index in [9.17, 15) is 18.8 Å². The van der Waals surface area contributed by atoms with Crippen molar-refractivity contribution < 1.29 is 23.5 Å². The standard InChI is InChI=1S/C23H29FN4O4/c1-4-5-18(28-23(31)26-13-16-7-9-17(24)10-8-16)22(30)25-14-21(29)27-19-12-15(2)6-11-20(19)32-3/h6-12,18H,4-5,13-14H2,1-3H3,(H,25,30)(H,27,29)(H2,26,28,31). The van der Waals surface area contributed by atoms with E-state index in [-0.39, 0.29) is 18.9 Å². The summed E-state index contributed by atoms with van der Waals surface area (Å²) in [5, 5.41) is 10.5. The summed E-state index contributed by atoms with van der Waals surface area (Å²) in [5.41, 5.74) is 2.18. The monoisotopic (exact) mass is 444 g/mol. The molecule has 0 aliphatic heterocycles. The third-order valence-corrected chi connectivity index (χ3v) is 4.62. The fourth-order valence-corrected chi connectivity index (χ4v) is 2.96. The lowest BCUT2D eigenvalue weighted by atomic mass is 10.1. The van der Waals surface area contributed by atoms with Crippen LogP contribution in [0, 0.1) is 12.7 Å². The topological polar surface area (TPSA) is 109 Å². The zero-order chi connectivity index (χ0) is 23.5. The number of carbonyl (C=O) groups is 3. The van der Waals surface area contributed by atoms with Gasteiger partial charge >= 0.3 is 6.03 Å². The van der Waals surface area contributed by atoms with Gasteiger partial charge in [0.2, 0.25) is 11.8 Å². The van der Waals surface area contributed by atoms with Gasteiger partial charge in [0.1, 0.15) is 17.6 Å². The van der Waals surface area contributed by atoms with Gasteiger partial charge in [-0.05, 0) is 48.7 Å². The molecule has 0 bridgehead atoms. The van der Waals surface area contributed by atoms with Gasteiger partial charge in [0.15, 0.2) is 0 Å². The summed E-state index contributed by atoms with van der Waals surface area (Å²) in [6.45, 7) is 3.70. The lowest BCUT2D eigenvalue weighted by molar-refractivity contribution is -0.125. The van der Waals surface area contributed by atoms with Crippen LogP contribution in [0.2, 0.25) is 0 Å². The first-order valence-electron chi connectivity index (χ1n) is 10.3. The summed E-state index contributed by atoms with van der Waals surface area (Å²) in [6.07, 6.45) is 1.06. The number of aryl methyl sites for hydroxylation is 1. The summed E-state index contributed by atoms with van der Waals surface area (Å²) >= 11 is 0. The summed E-state index contributed by atoms with van der Waals surface area (Å²) in [6, 6.07) is 9.78. The molecule has 172 valence electrons. The summed E-state index contributed by atoms with van der Waals surface area (Å²) in [7, 11) is 1.50. The van der Waals surface area contributed by atoms with Crippen LogP contribution in [0.1, 0.15) is 30.9 Å². The SMILES string of the molecule is CCCC(NC(=O)NCc1ccc(F)cc1)C(=O)NCC(=O)Nc1cc(C)ccc1OC. The molecule has 2 rings (SSSR count). The molecule has 2 aromatic carbocycles. The molecule has 1 atom stereocenters. The van der Waals surface area contributed by atoms with Crippen molar-refractivity contribution in [2.75, 3.05) is 19.0 Å². The maximum Gasteiger partial charge on any atom is 0.315 e. The molecule has 4 N–H and O–H groups in total. The van der Waals surface area contributed by atoms with Gasteiger partial charge in [-0.15, -0.1) is 0 Å². The number of methoxy groups -OCH3 is 1. The second-order valence-electron chi connectivity index (χ2n) is 7.26. The van der Waals surface area contributed by atoms with Crippen LogP contribution in [-0.2, 0) is 16.1 Å². The highest BCUT2D eigenvalue weighted by atomic mass is 19.1. The molecule has 0 aliphatic carbocycles. The van der Waals surface area contributed by atoms with E-state index < -0.39 is 23.9 Å². The number of hydrogen-bond acceptors (Lipinski definition) is 4. The van der Waals surface area contributed by atoms with E-state index in [2.05, 4.69) is 21.3 Å². The van der Waals surface area contributed by atoms with Crippen molar-refractivity contribution >= 4 is 23.5 Å². The second-order valence-corrected chi connectivity index (χ2v) is 7.26. The zero-order valence-corrected chi connectivity index (χ0v) is 18.5. The molecule has 0 aromatic heterocycles. The van der Waals surface area contributed by atoms with Gasteiger partial charge in [-0.2, -0.15) is 0 Å². The maximum atomic E-state index is 13.0. The number of hydrogen-bond donors (Lipinski definition) is 4. The first-order chi connectivity index (χ1) is 15.3. The van der Waals surface area contributed by atoms with Gasteiger partial charge in [-0.25, -0.2) is 9.18 Å². The van der Waals surface area contributed by atoms with Crippen LogP contribution in [0.3, 0.4) is 0 Å². The van der Waals surface area contributed by atoms with Crippen molar-refractivity contribution in [2.24, 2.45) is 0 Å². The first-order valence-corrected chi connectivity index (χ1v) is 10.3. The Balaban J connectivity index is 1.85. The number of rotatable bonds is 10. The lowest BCUT2D eigenvalue weighted by Gasteiger charge is -2.18. The van der Waals surface area contributed by atoms with Crippen molar-refractivity contribution in [3.05, 3.63) is 59.4 Å². The summed E-state index contributed by atoms with van der Waals surface area (Å²) < 4.78 is 18.2. The molecule has 0 fully saturated rings. The minimum absolute atomic E-state index is 0.188. The Hall–Kier alpha value is -3.62. The van der Waals surface area contributed by atoms with Crippen molar-refractivity contribution in [1.29, 1.82) is 0 Å². The number of anilines is 1. The molecule has 0 radical (unpaired) electrons. The van der Waals surface area contributed by atoms with Gasteiger partial charge in [0.25, 0.3) is 0 Å². The Morgan fingerprint density at radius 3 is 2.44 bits per heavy atom. The minimum atomic E-state index is -0.797. The smallest absolute Gasteiger partial charge is 0.315 e. The molecule has 2 aromatic rings. The largest absolute Gasteiger partial charge is 0.495 e. The highest BCUT2D eigenvalue weighted by molar-refractivity contribution is 5.97. The number of carbonyl (C=O) groups excluding carboxylic acids is 3. The van der Waals surface area contributed by atoms with Gasteiger partial charge in [-0.1, -0.05) is 31.5 Å². The molecule has 0 aliphatic rings. The average molecular weight is 445 g/mol. The number of ether oxygens (including phenoxy) is 1. The van der Waals surface area contributed by atoms with E-state index in [4.69, 9.17) is 4.74 Å². The number of nitrogens with one attached hydrogen (secondary N) is 4. The summed E-state index contributed by atoms with van der Waals surface area (Å²) in [4.78, 5) is 37.0. The third kappa shape index (κ3) is 7.90. The number of benzene rings is 2. The first kappa shape index (κ1) is 24.6. The number of halogens is 1. The van der Waals surface area contributed by atoms with Crippen LogP contribution in [-0.4, -0.2) is 37.5 Å². The predicted octanol–water partition coefficient (Wildman–Crippen LogP) is 2.87. The molecule has 1 unspecified atom stereocenters. The molecule has 0 heterocycles. The zero-order valence-electron chi connectivity index (χ0n) is 18.5. The normalized spacial score (nSPS) is 11.2. The molecule has 32 heavy (non-hydrogen) atoms. The van der Waals surface area contributed by atoms with Crippen LogP contribution in [0.4, 0.5) is 14.9 Å². The quantitative estimate of drug-likeness (QED) is 0.452. The molecule has 0 spiro atoms. The van der Waals surface area contributed by atoms with Crippen LogP contribution >= 0.6 is 0 Å². The highest BCUT2D eigenvalue weighted by Crippen LogP contribution is 2.24. The van der Waals surface area contributed by atoms with Crippen molar-refractivity contribution in [3.8, 4) is 5.75 Å². The van der Waals surface area contributed by atoms with Gasteiger partial charge in [-0.3, -0.25) is 9.59 Å². The third-order valence-electron chi connectivity index (χ3n) is 4.62. The van der Waals surface area contributed by atoms with E-state index in [1.54, 1.807) is 24.3 Å². The van der Waals surface area contributed by atoms with E-state index in [1.165, 1.54) is 19.2 Å². The lowest BCUT2D eigenvalue weighted by Crippen LogP contribution is -2.50. The highest BCUT2D eigenvalue weighted by Gasteiger charge is 2.20. The fourth-order valence-electron chi connectivity index (χ4n) is 2.96. The van der Waals surface area contributed by atoms with Crippen molar-refractivity contribution in [3.63, 3.8) is 0 Å². The maximum absolute atomic E-state index is 13.0. The van der Waals surface area contributed by atoms with E-state index in [1.807, 2.05) is 19.9 Å². The van der Waals surface area contributed by atoms with Crippen molar-refractivity contribution in [1.82, 2.24) is 16.0 Å². The van der Waals surface area contributed by atoms with Crippen LogP contribution < -0.4 is 26.0 Å². The Labute approximate surface area is 186 Å². The van der Waals surface area contributed by atoms with E-state index in [0.29, 0.717) is 24.3 Å². The van der Waals surface area contributed by atoms with Gasteiger partial charge < -0.3 is 26.0 Å². The minimum Gasteiger partial charge on any atom is -0.495 e. The Morgan fingerprint density at radius 2 is 1.78 bits per heavy atom. The van der Waals surface area contributed by atoms with E-state index in [0.717, 1.165) is 11.1 Å². The van der Waals surface area contributed by atoms with Crippen LogP contribution in [0.25, 0.3) is 0 Å². The average Bonchev–Trinajstić information content (AvgIpc) is 2.77. The Morgan fingerprint density at radius 1 is 1.06 bits per heavy atom. The Bertz CT molecular complexity index is 934. The number of amides is 4. The molecule has 0 saturated carbocycles. The molecule has 9 heteroatoms. The van der Waals surface area contributed by atoms with Crippen molar-refractivity contribution in [2.45, 2.75) is 39.3 Å². The van der Waals surface area contributed by atoms with Gasteiger partial charge in [0.05, 0.1) is 19.3 Å². The molecular formula is C23H29FN4O4. The molecule has 8 nitrogen and oxygen atoms in total. The van der Waals surface area contributed by atoms with Crippen LogP contribution in [0.5, 0.6) is 5.75 Å².